The number of ketones is 1. The molecule has 1 rings (SSSR count). The summed E-state index contributed by atoms with van der Waals surface area (Å²) >= 11 is 0. The van der Waals surface area contributed by atoms with Gasteiger partial charge in [-0.05, 0) is 13.0 Å². The van der Waals surface area contributed by atoms with E-state index in [2.05, 4.69) is 15.2 Å². The van der Waals surface area contributed by atoms with Gasteiger partial charge in [0.2, 0.25) is 0 Å². The third kappa shape index (κ3) is 4.63. The second kappa shape index (κ2) is 7.24. The predicted octanol–water partition coefficient (Wildman–Crippen LogP) is 1.65. The summed E-state index contributed by atoms with van der Waals surface area (Å²) in [7, 11) is 1.75. The summed E-state index contributed by atoms with van der Waals surface area (Å²) in [6.07, 6.45) is 7.74. The minimum atomic E-state index is -0.312. The molecule has 1 aliphatic heterocycles. The summed E-state index contributed by atoms with van der Waals surface area (Å²) in [6, 6.07) is 0. The molecule has 1 heterocycles. The van der Waals surface area contributed by atoms with Crippen LogP contribution in [0.3, 0.4) is 0 Å². The van der Waals surface area contributed by atoms with Crippen molar-refractivity contribution in [1.29, 1.82) is 0 Å². The van der Waals surface area contributed by atoms with E-state index in [9.17, 15) is 4.79 Å². The number of Topliss-reactive ketones (excluding diaryl/α,β-unsaturated/α-hetero) is 1. The molecule has 19 heavy (non-hydrogen) atoms. The number of allylic oxidation sites excluding steroid dienone is 4. The largest absolute Gasteiger partial charge is 0.362 e. The van der Waals surface area contributed by atoms with Crippen LogP contribution >= 0.6 is 0 Å². The highest BCUT2D eigenvalue weighted by atomic mass is 16.1. The summed E-state index contributed by atoms with van der Waals surface area (Å²) in [4.78, 5) is 18.5. The average molecular weight is 263 g/mol. The number of hydrogen-bond acceptors (Lipinski definition) is 4. The van der Waals surface area contributed by atoms with Crippen LogP contribution in [0, 0.1) is 5.41 Å². The van der Waals surface area contributed by atoms with Crippen LogP contribution in [0.4, 0.5) is 0 Å². The maximum absolute atomic E-state index is 12.3. The molecule has 0 unspecified atom stereocenters. The highest BCUT2D eigenvalue weighted by Gasteiger charge is 2.30. The molecule has 1 aliphatic rings. The Morgan fingerprint density at radius 2 is 2.21 bits per heavy atom. The fourth-order valence-electron chi connectivity index (χ4n) is 1.96. The lowest BCUT2D eigenvalue weighted by molar-refractivity contribution is -0.128. The van der Waals surface area contributed by atoms with Gasteiger partial charge in [-0.2, -0.15) is 0 Å². The van der Waals surface area contributed by atoms with E-state index in [1.165, 1.54) is 0 Å². The minimum absolute atomic E-state index is 0.260. The molecule has 0 radical (unpaired) electrons. The second-order valence-corrected chi connectivity index (χ2v) is 5.41. The zero-order valence-electron chi connectivity index (χ0n) is 12.4. The van der Waals surface area contributed by atoms with E-state index in [1.807, 2.05) is 45.2 Å². The molecule has 1 saturated heterocycles. The van der Waals surface area contributed by atoms with Crippen LogP contribution in [0.25, 0.3) is 0 Å². The van der Waals surface area contributed by atoms with Crippen molar-refractivity contribution in [2.45, 2.75) is 20.8 Å². The van der Waals surface area contributed by atoms with Crippen molar-refractivity contribution >= 4 is 12.0 Å². The number of hydrogen-bond donors (Lipinski definition) is 1. The standard InChI is InChI=1S/C15H25N3O/c1-5-6-7-13(10-16-4)18-9-8-17-12-15(2,3)14(19)11-18/h5-7,10,17H,8-9,11-12H2,1-4H3/b6-5+,13-7+,16-10?. The lowest BCUT2D eigenvalue weighted by Gasteiger charge is -2.33. The topological polar surface area (TPSA) is 44.7 Å². The van der Waals surface area contributed by atoms with Gasteiger partial charge in [-0.15, -0.1) is 0 Å². The first-order chi connectivity index (χ1) is 9.01. The molecule has 0 bridgehead atoms. The maximum atomic E-state index is 12.3. The van der Waals surface area contributed by atoms with Gasteiger partial charge in [-0.1, -0.05) is 26.0 Å². The molecule has 0 aliphatic carbocycles. The highest BCUT2D eigenvalue weighted by molar-refractivity contribution is 5.88. The Morgan fingerprint density at radius 1 is 1.47 bits per heavy atom. The van der Waals surface area contributed by atoms with Gasteiger partial charge in [0.25, 0.3) is 0 Å². The van der Waals surface area contributed by atoms with Crippen LogP contribution in [0.15, 0.2) is 28.9 Å². The van der Waals surface area contributed by atoms with Crippen molar-refractivity contribution in [3.8, 4) is 0 Å². The number of rotatable bonds is 3. The first kappa shape index (κ1) is 15.6. The molecule has 0 spiro atoms. The summed E-state index contributed by atoms with van der Waals surface area (Å²) in [6.45, 7) is 8.85. The molecule has 0 saturated carbocycles. The Balaban J connectivity index is 2.92. The number of aliphatic imine (C=N–C) groups is 1. The van der Waals surface area contributed by atoms with Gasteiger partial charge in [0.05, 0.1) is 12.2 Å². The molecule has 106 valence electrons. The third-order valence-corrected chi connectivity index (χ3v) is 3.30. The van der Waals surface area contributed by atoms with Gasteiger partial charge in [-0.3, -0.25) is 9.79 Å². The number of carbonyl (C=O) groups excluding carboxylic acids is 1. The van der Waals surface area contributed by atoms with E-state index in [1.54, 1.807) is 7.05 Å². The van der Waals surface area contributed by atoms with Crippen molar-refractivity contribution < 1.29 is 4.79 Å². The van der Waals surface area contributed by atoms with E-state index >= 15 is 0 Å². The Labute approximate surface area is 116 Å². The van der Waals surface area contributed by atoms with E-state index in [0.29, 0.717) is 6.54 Å². The van der Waals surface area contributed by atoms with E-state index in [0.717, 1.165) is 25.3 Å². The van der Waals surface area contributed by atoms with Gasteiger partial charge >= 0.3 is 0 Å². The van der Waals surface area contributed by atoms with Gasteiger partial charge in [0.1, 0.15) is 0 Å². The molecule has 4 heteroatoms. The Morgan fingerprint density at radius 3 is 2.84 bits per heavy atom. The normalized spacial score (nSPS) is 22.0. The molecule has 1 N–H and O–H groups in total. The molecule has 1 fully saturated rings. The van der Waals surface area contributed by atoms with Gasteiger partial charge < -0.3 is 10.2 Å². The average Bonchev–Trinajstić information content (AvgIpc) is 2.36. The van der Waals surface area contributed by atoms with Crippen molar-refractivity contribution in [2.24, 2.45) is 10.4 Å². The maximum Gasteiger partial charge on any atom is 0.158 e. The fourth-order valence-corrected chi connectivity index (χ4v) is 1.96. The Hall–Kier alpha value is -1.42. The fraction of sp³-hybridized carbons (Fsp3) is 0.600. The van der Waals surface area contributed by atoms with Crippen molar-refractivity contribution in [1.82, 2.24) is 10.2 Å². The van der Waals surface area contributed by atoms with Crippen molar-refractivity contribution in [3.63, 3.8) is 0 Å². The lowest BCUT2D eigenvalue weighted by Crippen LogP contribution is -2.48. The van der Waals surface area contributed by atoms with Crippen LogP contribution in [0.1, 0.15) is 20.8 Å². The van der Waals surface area contributed by atoms with Crippen molar-refractivity contribution in [2.75, 3.05) is 33.2 Å². The number of nitrogens with one attached hydrogen (secondary N) is 1. The smallest absolute Gasteiger partial charge is 0.158 e. The first-order valence-corrected chi connectivity index (χ1v) is 6.75. The first-order valence-electron chi connectivity index (χ1n) is 6.75. The molecule has 4 nitrogen and oxygen atoms in total. The van der Waals surface area contributed by atoms with Crippen LogP contribution in [0.2, 0.25) is 0 Å². The van der Waals surface area contributed by atoms with Crippen LogP contribution in [-0.4, -0.2) is 50.1 Å². The molecular weight excluding hydrogens is 238 g/mol. The van der Waals surface area contributed by atoms with E-state index < -0.39 is 0 Å². The Bertz CT molecular complexity index is 394. The van der Waals surface area contributed by atoms with Crippen LogP contribution < -0.4 is 5.32 Å². The number of nitrogens with zero attached hydrogens (tertiary/aromatic N) is 2. The van der Waals surface area contributed by atoms with E-state index in [-0.39, 0.29) is 11.2 Å². The van der Waals surface area contributed by atoms with E-state index in [4.69, 9.17) is 0 Å². The summed E-state index contributed by atoms with van der Waals surface area (Å²) < 4.78 is 0. The van der Waals surface area contributed by atoms with Crippen molar-refractivity contribution in [3.05, 3.63) is 23.9 Å². The molecule has 0 amide bonds. The lowest BCUT2D eigenvalue weighted by atomic mass is 9.87. The predicted molar refractivity (Wildman–Crippen MR) is 80.5 cm³/mol. The highest BCUT2D eigenvalue weighted by Crippen LogP contribution is 2.18. The van der Waals surface area contributed by atoms with Gasteiger partial charge in [0, 0.05) is 38.3 Å². The van der Waals surface area contributed by atoms with Gasteiger partial charge in [0.15, 0.2) is 5.78 Å². The SMILES string of the molecule is C/C=C/C=C(\C=NC)N1CCNCC(C)(C)C(=O)C1. The number of carbonyl (C=O) groups is 1. The molecule has 0 atom stereocenters. The minimum Gasteiger partial charge on any atom is -0.362 e. The quantitative estimate of drug-likeness (QED) is 0.622. The summed E-state index contributed by atoms with van der Waals surface area (Å²) in [5, 5.41) is 3.34. The monoisotopic (exact) mass is 263 g/mol. The third-order valence-electron chi connectivity index (χ3n) is 3.30. The summed E-state index contributed by atoms with van der Waals surface area (Å²) in [5.74, 6) is 0.260. The molecular formula is C15H25N3O. The molecule has 0 aromatic rings. The zero-order chi connectivity index (χ0) is 14.3. The van der Waals surface area contributed by atoms with Crippen LogP contribution in [-0.2, 0) is 4.79 Å². The second-order valence-electron chi connectivity index (χ2n) is 5.41. The van der Waals surface area contributed by atoms with Gasteiger partial charge in [-0.25, -0.2) is 0 Å². The molecule has 0 aromatic heterocycles. The van der Waals surface area contributed by atoms with Crippen LogP contribution in [0.5, 0.6) is 0 Å². The Kier molecular flexibility index (Phi) is 5.96. The summed E-state index contributed by atoms with van der Waals surface area (Å²) in [5.41, 5.74) is 0.668. The zero-order valence-corrected chi connectivity index (χ0v) is 12.4. The molecule has 0 aromatic carbocycles.